The third-order valence-electron chi connectivity index (χ3n) is 4.36. The molecule has 0 aliphatic carbocycles. The normalized spacial score (nSPS) is 12.7. The van der Waals surface area contributed by atoms with Gasteiger partial charge in [0.25, 0.3) is 5.91 Å². The minimum atomic E-state index is -3.54. The molecule has 1 heterocycles. The standard InChI is InChI=1S/C20H23N3O4S2/c1-5-23-17-12-9-15(27-6-2)13-18(17)28-20(23)21-19(24)14-7-10-16(11-8-14)29(25,26)22(3)4/h7-13H,5-6H2,1-4H3. The lowest BCUT2D eigenvalue weighted by atomic mass is 10.2. The Morgan fingerprint density at radius 1 is 1.14 bits per heavy atom. The molecule has 0 radical (unpaired) electrons. The Morgan fingerprint density at radius 3 is 2.41 bits per heavy atom. The molecule has 2 aromatic carbocycles. The molecule has 1 amide bonds. The molecule has 9 heteroatoms. The molecular formula is C20H23N3O4S2. The summed E-state index contributed by atoms with van der Waals surface area (Å²) in [4.78, 5) is 17.7. The summed E-state index contributed by atoms with van der Waals surface area (Å²) in [5.74, 6) is 0.359. The van der Waals surface area contributed by atoms with Crippen LogP contribution in [-0.4, -0.2) is 43.9 Å². The number of rotatable bonds is 6. The van der Waals surface area contributed by atoms with Gasteiger partial charge in [0, 0.05) is 26.2 Å². The lowest BCUT2D eigenvalue weighted by Crippen LogP contribution is -2.22. The van der Waals surface area contributed by atoms with Crippen LogP contribution >= 0.6 is 11.3 Å². The van der Waals surface area contributed by atoms with E-state index in [1.807, 2.05) is 36.6 Å². The van der Waals surface area contributed by atoms with Crippen molar-refractivity contribution in [3.8, 4) is 5.75 Å². The maximum Gasteiger partial charge on any atom is 0.279 e. The van der Waals surface area contributed by atoms with Crippen molar-refractivity contribution >= 4 is 37.5 Å². The van der Waals surface area contributed by atoms with Gasteiger partial charge in [-0.15, -0.1) is 0 Å². The van der Waals surface area contributed by atoms with Crippen LogP contribution in [0.1, 0.15) is 24.2 Å². The number of amides is 1. The third-order valence-corrected chi connectivity index (χ3v) is 7.23. The largest absolute Gasteiger partial charge is 0.494 e. The molecule has 0 bridgehead atoms. The second-order valence-corrected chi connectivity index (χ2v) is 9.58. The number of hydrogen-bond acceptors (Lipinski definition) is 5. The summed E-state index contributed by atoms with van der Waals surface area (Å²) >= 11 is 1.42. The second-order valence-electron chi connectivity index (χ2n) is 6.42. The number of carbonyl (C=O) groups is 1. The van der Waals surface area contributed by atoms with Crippen LogP contribution in [0, 0.1) is 0 Å². The Morgan fingerprint density at radius 2 is 1.83 bits per heavy atom. The van der Waals surface area contributed by atoms with Gasteiger partial charge in [-0.1, -0.05) is 11.3 Å². The van der Waals surface area contributed by atoms with Crippen LogP contribution in [0.15, 0.2) is 52.4 Å². The highest BCUT2D eigenvalue weighted by atomic mass is 32.2. The van der Waals surface area contributed by atoms with E-state index in [4.69, 9.17) is 4.74 Å². The van der Waals surface area contributed by atoms with Crippen LogP contribution < -0.4 is 9.54 Å². The average Bonchev–Trinajstić information content (AvgIpc) is 3.04. The molecule has 1 aromatic heterocycles. The Hall–Kier alpha value is -2.49. The van der Waals surface area contributed by atoms with Crippen molar-refractivity contribution in [2.24, 2.45) is 4.99 Å². The molecule has 3 rings (SSSR count). The Kier molecular flexibility index (Phi) is 6.21. The van der Waals surface area contributed by atoms with Gasteiger partial charge < -0.3 is 9.30 Å². The maximum absolute atomic E-state index is 12.7. The van der Waals surface area contributed by atoms with Crippen LogP contribution in [0.2, 0.25) is 0 Å². The predicted octanol–water partition coefficient (Wildman–Crippen LogP) is 3.11. The van der Waals surface area contributed by atoms with E-state index < -0.39 is 15.9 Å². The molecule has 0 saturated heterocycles. The quantitative estimate of drug-likeness (QED) is 0.598. The van der Waals surface area contributed by atoms with E-state index in [-0.39, 0.29) is 4.90 Å². The van der Waals surface area contributed by atoms with E-state index >= 15 is 0 Å². The maximum atomic E-state index is 12.7. The number of nitrogens with zero attached hydrogens (tertiary/aromatic N) is 3. The molecule has 154 valence electrons. The van der Waals surface area contributed by atoms with E-state index in [1.165, 1.54) is 49.7 Å². The second kappa shape index (κ2) is 8.48. The van der Waals surface area contributed by atoms with Crippen molar-refractivity contribution in [2.75, 3.05) is 20.7 Å². The Balaban J connectivity index is 1.99. The van der Waals surface area contributed by atoms with Crippen LogP contribution in [0.5, 0.6) is 5.75 Å². The van der Waals surface area contributed by atoms with Gasteiger partial charge >= 0.3 is 0 Å². The number of benzene rings is 2. The first-order chi connectivity index (χ1) is 13.8. The fraction of sp³-hybridized carbons (Fsp3) is 0.300. The predicted molar refractivity (Wildman–Crippen MR) is 114 cm³/mol. The van der Waals surface area contributed by atoms with Crippen LogP contribution in [-0.2, 0) is 16.6 Å². The first kappa shape index (κ1) is 21.2. The summed E-state index contributed by atoms with van der Waals surface area (Å²) in [6.45, 7) is 5.17. The zero-order valence-corrected chi connectivity index (χ0v) is 18.4. The van der Waals surface area contributed by atoms with Crippen LogP contribution in [0.25, 0.3) is 10.2 Å². The van der Waals surface area contributed by atoms with E-state index in [1.54, 1.807) is 0 Å². The first-order valence-corrected chi connectivity index (χ1v) is 11.4. The fourth-order valence-corrected chi connectivity index (χ4v) is 4.86. The summed E-state index contributed by atoms with van der Waals surface area (Å²) < 4.78 is 34.0. The highest BCUT2D eigenvalue weighted by molar-refractivity contribution is 7.89. The molecule has 0 aliphatic rings. The van der Waals surface area contributed by atoms with E-state index in [0.29, 0.717) is 23.5 Å². The van der Waals surface area contributed by atoms with Crippen molar-refractivity contribution in [3.05, 3.63) is 52.8 Å². The number of aryl methyl sites for hydroxylation is 1. The number of sulfonamides is 1. The monoisotopic (exact) mass is 433 g/mol. The highest BCUT2D eigenvalue weighted by Gasteiger charge is 2.17. The summed E-state index contributed by atoms with van der Waals surface area (Å²) in [5.41, 5.74) is 1.32. The van der Waals surface area contributed by atoms with Gasteiger partial charge in [0.1, 0.15) is 5.75 Å². The van der Waals surface area contributed by atoms with Gasteiger partial charge in [0.05, 0.1) is 21.7 Å². The fourth-order valence-electron chi connectivity index (χ4n) is 2.83. The highest BCUT2D eigenvalue weighted by Crippen LogP contribution is 2.23. The molecule has 0 aliphatic heterocycles. The van der Waals surface area contributed by atoms with Crippen molar-refractivity contribution in [2.45, 2.75) is 25.3 Å². The summed E-state index contributed by atoms with van der Waals surface area (Å²) in [6, 6.07) is 11.6. The molecule has 0 N–H and O–H groups in total. The van der Waals surface area contributed by atoms with Gasteiger partial charge in [-0.25, -0.2) is 12.7 Å². The number of hydrogen-bond donors (Lipinski definition) is 0. The molecule has 29 heavy (non-hydrogen) atoms. The first-order valence-electron chi connectivity index (χ1n) is 9.15. The smallest absolute Gasteiger partial charge is 0.279 e. The SMILES string of the molecule is CCOc1ccc2c(c1)sc(=NC(=O)c1ccc(S(=O)(=O)N(C)C)cc1)n2CC. The van der Waals surface area contributed by atoms with Gasteiger partial charge in [-0.05, 0) is 56.3 Å². The Labute approximate surface area is 173 Å². The number of fused-ring (bicyclic) bond motifs is 1. The van der Waals surface area contributed by atoms with Gasteiger partial charge in [0.15, 0.2) is 4.80 Å². The van der Waals surface area contributed by atoms with Crippen molar-refractivity contribution < 1.29 is 17.9 Å². The summed E-state index contributed by atoms with van der Waals surface area (Å²) in [7, 11) is -0.610. The summed E-state index contributed by atoms with van der Waals surface area (Å²) in [5, 5.41) is 0. The van der Waals surface area contributed by atoms with Crippen molar-refractivity contribution in [3.63, 3.8) is 0 Å². The molecular weight excluding hydrogens is 410 g/mol. The molecule has 7 nitrogen and oxygen atoms in total. The zero-order chi connectivity index (χ0) is 21.2. The van der Waals surface area contributed by atoms with Gasteiger partial charge in [-0.2, -0.15) is 4.99 Å². The lowest BCUT2D eigenvalue weighted by Gasteiger charge is -2.11. The molecule has 0 fully saturated rings. The number of ether oxygens (including phenoxy) is 1. The minimum absolute atomic E-state index is 0.132. The van der Waals surface area contributed by atoms with E-state index in [9.17, 15) is 13.2 Å². The minimum Gasteiger partial charge on any atom is -0.494 e. The van der Waals surface area contributed by atoms with Crippen LogP contribution in [0.3, 0.4) is 0 Å². The summed E-state index contributed by atoms with van der Waals surface area (Å²) in [6.07, 6.45) is 0. The molecule has 3 aromatic rings. The average molecular weight is 434 g/mol. The topological polar surface area (TPSA) is 81.0 Å². The van der Waals surface area contributed by atoms with Crippen LogP contribution in [0.4, 0.5) is 0 Å². The zero-order valence-electron chi connectivity index (χ0n) is 16.7. The van der Waals surface area contributed by atoms with Gasteiger partial charge in [0.2, 0.25) is 10.0 Å². The third kappa shape index (κ3) is 4.26. The number of aromatic nitrogens is 1. The molecule has 0 saturated carbocycles. The van der Waals surface area contributed by atoms with Gasteiger partial charge in [-0.3, -0.25) is 4.79 Å². The van der Waals surface area contributed by atoms with Crippen molar-refractivity contribution in [1.82, 2.24) is 8.87 Å². The van der Waals surface area contributed by atoms with Crippen molar-refractivity contribution in [1.29, 1.82) is 0 Å². The molecule has 0 spiro atoms. The Bertz CT molecular complexity index is 1210. The number of thiazole rings is 1. The van der Waals surface area contributed by atoms with E-state index in [2.05, 4.69) is 4.99 Å². The number of carbonyl (C=O) groups excluding carboxylic acids is 1. The molecule has 0 unspecified atom stereocenters. The molecule has 0 atom stereocenters. The van der Waals surface area contributed by atoms with E-state index in [0.717, 1.165) is 20.3 Å². The lowest BCUT2D eigenvalue weighted by molar-refractivity contribution is 0.0997.